The van der Waals surface area contributed by atoms with Crippen LogP contribution in [-0.2, 0) is 34.4 Å². The maximum atomic E-state index is 12.4. The summed E-state index contributed by atoms with van der Waals surface area (Å²) in [7, 11) is 1.75. The van der Waals surface area contributed by atoms with E-state index in [0.717, 1.165) is 53.9 Å². The molecule has 0 spiro atoms. The van der Waals surface area contributed by atoms with Crippen molar-refractivity contribution in [1.82, 2.24) is 19.4 Å². The maximum absolute atomic E-state index is 12.4. The average molecular weight is 511 g/mol. The molecule has 0 bridgehead atoms. The summed E-state index contributed by atoms with van der Waals surface area (Å²) in [5.74, 6) is 0.313. The van der Waals surface area contributed by atoms with Gasteiger partial charge >= 0.3 is 5.97 Å². The number of aliphatic hydroxyl groups is 1. The average Bonchev–Trinajstić information content (AvgIpc) is 3.20. The Morgan fingerprint density at radius 3 is 2.70 bits per heavy atom. The van der Waals surface area contributed by atoms with E-state index in [1.165, 1.54) is 0 Å². The summed E-state index contributed by atoms with van der Waals surface area (Å²) in [5, 5.41) is 13.3. The van der Waals surface area contributed by atoms with Crippen LogP contribution in [-0.4, -0.2) is 56.2 Å². The van der Waals surface area contributed by atoms with E-state index in [1.807, 2.05) is 31.3 Å². The largest absolute Gasteiger partial charge is 0.462 e. The molecular formula is C28H38N4O5. The number of carbonyl (C=O) groups is 1. The monoisotopic (exact) mass is 510 g/mol. The van der Waals surface area contributed by atoms with Crippen LogP contribution in [0.4, 0.5) is 0 Å². The fraction of sp³-hybridized carbons (Fsp3) is 0.536. The van der Waals surface area contributed by atoms with Gasteiger partial charge in [0.2, 0.25) is 0 Å². The summed E-state index contributed by atoms with van der Waals surface area (Å²) in [4.78, 5) is 29.7. The molecule has 0 aliphatic carbocycles. The minimum atomic E-state index is -0.900. The number of ether oxygens (including phenoxy) is 2. The normalized spacial score (nSPS) is 17.8. The third kappa shape index (κ3) is 6.29. The van der Waals surface area contributed by atoms with Gasteiger partial charge in [-0.15, -0.1) is 0 Å². The van der Waals surface area contributed by atoms with Crippen LogP contribution in [0.15, 0.2) is 35.3 Å². The molecule has 0 radical (unpaired) electrons. The van der Waals surface area contributed by atoms with Crippen molar-refractivity contribution >= 4 is 17.0 Å². The van der Waals surface area contributed by atoms with Crippen molar-refractivity contribution in [2.24, 2.45) is 7.05 Å². The lowest BCUT2D eigenvalue weighted by atomic mass is 10.1. The van der Waals surface area contributed by atoms with Crippen LogP contribution in [0.5, 0.6) is 0 Å². The summed E-state index contributed by atoms with van der Waals surface area (Å²) in [5.41, 5.74) is 4.25. The van der Waals surface area contributed by atoms with Gasteiger partial charge < -0.3 is 23.7 Å². The second-order valence-electron chi connectivity index (χ2n) is 10.3. The smallest absolute Gasteiger partial charge is 0.326 e. The molecule has 200 valence electrons. The molecule has 3 heterocycles. The number of benzene rings is 1. The zero-order valence-electron chi connectivity index (χ0n) is 22.4. The van der Waals surface area contributed by atoms with Gasteiger partial charge in [-0.2, -0.15) is 0 Å². The summed E-state index contributed by atoms with van der Waals surface area (Å²) >= 11 is 0. The first-order valence-corrected chi connectivity index (χ1v) is 13.0. The number of hydrogen-bond donors (Lipinski definition) is 2. The van der Waals surface area contributed by atoms with Crippen molar-refractivity contribution in [3.63, 3.8) is 0 Å². The molecule has 4 rings (SSSR count). The van der Waals surface area contributed by atoms with E-state index < -0.39 is 18.1 Å². The third-order valence-corrected chi connectivity index (χ3v) is 6.71. The number of hydrogen-bond acceptors (Lipinski definition) is 7. The first-order valence-electron chi connectivity index (χ1n) is 13.0. The van der Waals surface area contributed by atoms with Gasteiger partial charge in [-0.25, -0.2) is 4.98 Å². The number of aryl methyl sites for hydroxylation is 2. The fourth-order valence-electron chi connectivity index (χ4n) is 4.82. The second kappa shape index (κ2) is 11.6. The van der Waals surface area contributed by atoms with E-state index in [0.29, 0.717) is 18.7 Å². The lowest BCUT2D eigenvalue weighted by molar-refractivity contribution is -0.152. The number of fused-ring (bicyclic) bond motifs is 1. The van der Waals surface area contributed by atoms with E-state index in [2.05, 4.69) is 16.0 Å². The van der Waals surface area contributed by atoms with E-state index >= 15 is 0 Å². The van der Waals surface area contributed by atoms with Crippen molar-refractivity contribution in [1.29, 1.82) is 0 Å². The predicted molar refractivity (Wildman–Crippen MR) is 142 cm³/mol. The van der Waals surface area contributed by atoms with Crippen LogP contribution in [0.1, 0.15) is 51.2 Å². The topological polar surface area (TPSA) is 108 Å². The third-order valence-electron chi connectivity index (χ3n) is 6.71. The Kier molecular flexibility index (Phi) is 8.46. The predicted octanol–water partition coefficient (Wildman–Crippen LogP) is 3.07. The number of pyridine rings is 1. The molecule has 2 N–H and O–H groups in total. The first-order chi connectivity index (χ1) is 17.6. The molecule has 1 aliphatic rings. The van der Waals surface area contributed by atoms with Gasteiger partial charge in [0.25, 0.3) is 5.56 Å². The number of rotatable bonds is 9. The highest BCUT2D eigenvalue weighted by atomic mass is 16.5. The number of imidazole rings is 1. The van der Waals surface area contributed by atoms with Crippen LogP contribution in [0.25, 0.3) is 22.4 Å². The van der Waals surface area contributed by atoms with Crippen molar-refractivity contribution < 1.29 is 19.4 Å². The van der Waals surface area contributed by atoms with Crippen LogP contribution >= 0.6 is 0 Å². The Bertz CT molecular complexity index is 1280. The van der Waals surface area contributed by atoms with Gasteiger partial charge in [0.05, 0.1) is 35.9 Å². The SMILES string of the molecule is Cc1cc(-c2nc3ccc(CNC(C(=O)OC(C)C)C(C)O)cc3n2C[C@H]2CCCCO2)cn(C)c1=O. The summed E-state index contributed by atoms with van der Waals surface area (Å²) in [6.45, 7) is 8.74. The molecule has 1 aliphatic heterocycles. The van der Waals surface area contributed by atoms with Gasteiger partial charge in [-0.1, -0.05) is 6.07 Å². The van der Waals surface area contributed by atoms with Crippen LogP contribution in [0.3, 0.4) is 0 Å². The highest BCUT2D eigenvalue weighted by Gasteiger charge is 2.26. The Labute approximate surface area is 217 Å². The van der Waals surface area contributed by atoms with E-state index in [-0.39, 0.29) is 17.8 Å². The number of nitrogens with zero attached hydrogens (tertiary/aromatic N) is 3. The lowest BCUT2D eigenvalue weighted by Crippen LogP contribution is -2.46. The fourth-order valence-corrected chi connectivity index (χ4v) is 4.82. The summed E-state index contributed by atoms with van der Waals surface area (Å²) in [6.07, 6.45) is 3.95. The number of carbonyl (C=O) groups excluding carboxylic acids is 1. The second-order valence-corrected chi connectivity index (χ2v) is 10.3. The van der Waals surface area contributed by atoms with Gasteiger partial charge in [0, 0.05) is 37.5 Å². The molecule has 0 saturated carbocycles. The van der Waals surface area contributed by atoms with Crippen molar-refractivity contribution in [2.45, 2.75) is 84.4 Å². The molecule has 1 fully saturated rings. The molecule has 9 nitrogen and oxygen atoms in total. The number of esters is 1. The molecule has 1 saturated heterocycles. The number of nitrogens with one attached hydrogen (secondary N) is 1. The molecule has 0 amide bonds. The molecule has 9 heteroatoms. The van der Waals surface area contributed by atoms with Crippen LogP contribution < -0.4 is 10.9 Å². The van der Waals surface area contributed by atoms with E-state index in [9.17, 15) is 14.7 Å². The molecule has 37 heavy (non-hydrogen) atoms. The Morgan fingerprint density at radius 1 is 1.27 bits per heavy atom. The standard InChI is InChI=1S/C28H38N4O5/c1-17(2)37-28(35)25(19(4)33)29-14-20-9-10-23-24(13-20)32(16-22-8-6-7-11-36-22)26(30-23)21-12-18(3)27(34)31(5)15-21/h9-10,12-13,15,17,19,22,25,29,33H,6-8,11,14,16H2,1-5H3/t19?,22-,25?/m1/s1. The van der Waals surface area contributed by atoms with E-state index in [4.69, 9.17) is 14.5 Å². The summed E-state index contributed by atoms with van der Waals surface area (Å²) < 4.78 is 15.1. The first kappa shape index (κ1) is 27.0. The Balaban J connectivity index is 1.69. The number of aliphatic hydroxyl groups excluding tert-OH is 1. The highest BCUT2D eigenvalue weighted by molar-refractivity contribution is 5.81. The molecule has 3 atom stereocenters. The van der Waals surface area contributed by atoms with Gasteiger partial charge in [0.15, 0.2) is 0 Å². The lowest BCUT2D eigenvalue weighted by Gasteiger charge is -2.24. The van der Waals surface area contributed by atoms with Gasteiger partial charge in [0.1, 0.15) is 11.9 Å². The maximum Gasteiger partial charge on any atom is 0.326 e. The Hall–Kier alpha value is -3.01. The van der Waals surface area contributed by atoms with Crippen LogP contribution in [0, 0.1) is 6.92 Å². The molecule has 1 aromatic carbocycles. The molecule has 3 aromatic rings. The van der Waals surface area contributed by atoms with Crippen LogP contribution in [0.2, 0.25) is 0 Å². The molecule has 2 aromatic heterocycles. The zero-order chi connectivity index (χ0) is 26.7. The van der Waals surface area contributed by atoms with Crippen molar-refractivity contribution in [2.75, 3.05) is 6.61 Å². The number of aromatic nitrogens is 3. The Morgan fingerprint density at radius 2 is 2.05 bits per heavy atom. The molecule has 2 unspecified atom stereocenters. The highest BCUT2D eigenvalue weighted by Crippen LogP contribution is 2.28. The van der Waals surface area contributed by atoms with Crippen molar-refractivity contribution in [3.05, 3.63) is 51.9 Å². The minimum Gasteiger partial charge on any atom is -0.462 e. The van der Waals surface area contributed by atoms with E-state index in [1.54, 1.807) is 32.4 Å². The quantitative estimate of drug-likeness (QED) is 0.426. The molecular weight excluding hydrogens is 472 g/mol. The summed E-state index contributed by atoms with van der Waals surface area (Å²) in [6, 6.07) is 7.04. The zero-order valence-corrected chi connectivity index (χ0v) is 22.4. The minimum absolute atomic E-state index is 0.0287. The van der Waals surface area contributed by atoms with Crippen molar-refractivity contribution in [3.8, 4) is 11.4 Å². The van der Waals surface area contributed by atoms with Gasteiger partial charge in [-0.05, 0) is 70.7 Å². The van der Waals surface area contributed by atoms with Gasteiger partial charge in [-0.3, -0.25) is 14.9 Å².